The number of halogens is 1. The standard InChI is InChI=1S/C10H14BrNOS/c1-10(2,3)12-9(13)5-8-4-7(11)6-14-8/h4,6H,5H2,1-3H3,(H,12,13). The Morgan fingerprint density at radius 2 is 2.21 bits per heavy atom. The van der Waals surface area contributed by atoms with Gasteiger partial charge in [0.1, 0.15) is 0 Å². The largest absolute Gasteiger partial charge is 0.351 e. The maximum absolute atomic E-state index is 11.5. The Kier molecular flexibility index (Phi) is 3.72. The molecule has 4 heteroatoms. The number of nitrogens with one attached hydrogen (secondary N) is 1. The monoisotopic (exact) mass is 275 g/mol. The molecule has 1 heterocycles. The van der Waals surface area contributed by atoms with Crippen LogP contribution in [0.3, 0.4) is 0 Å². The highest BCUT2D eigenvalue weighted by molar-refractivity contribution is 9.10. The SMILES string of the molecule is CC(C)(C)NC(=O)Cc1cc(Br)cs1. The summed E-state index contributed by atoms with van der Waals surface area (Å²) < 4.78 is 1.04. The molecule has 0 radical (unpaired) electrons. The first-order valence-electron chi connectivity index (χ1n) is 4.41. The van der Waals surface area contributed by atoms with Crippen LogP contribution in [0.25, 0.3) is 0 Å². The number of amides is 1. The van der Waals surface area contributed by atoms with E-state index in [9.17, 15) is 4.79 Å². The van der Waals surface area contributed by atoms with Gasteiger partial charge in [0.15, 0.2) is 0 Å². The van der Waals surface area contributed by atoms with Crippen LogP contribution >= 0.6 is 27.3 Å². The van der Waals surface area contributed by atoms with E-state index in [1.54, 1.807) is 11.3 Å². The van der Waals surface area contributed by atoms with Gasteiger partial charge in [-0.15, -0.1) is 11.3 Å². The maximum Gasteiger partial charge on any atom is 0.225 e. The third-order valence-corrected chi connectivity index (χ3v) is 3.17. The number of thiophene rings is 1. The summed E-state index contributed by atoms with van der Waals surface area (Å²) in [7, 11) is 0. The summed E-state index contributed by atoms with van der Waals surface area (Å²) >= 11 is 4.96. The summed E-state index contributed by atoms with van der Waals surface area (Å²) in [5, 5.41) is 4.92. The minimum Gasteiger partial charge on any atom is -0.351 e. The van der Waals surface area contributed by atoms with Gasteiger partial charge >= 0.3 is 0 Å². The normalized spacial score (nSPS) is 11.4. The molecule has 0 aliphatic heterocycles. The van der Waals surface area contributed by atoms with Crippen LogP contribution in [0, 0.1) is 0 Å². The van der Waals surface area contributed by atoms with Crippen molar-refractivity contribution >= 4 is 33.2 Å². The average Bonchev–Trinajstić information content (AvgIpc) is 2.30. The van der Waals surface area contributed by atoms with Gasteiger partial charge < -0.3 is 5.32 Å². The summed E-state index contributed by atoms with van der Waals surface area (Å²) in [6.07, 6.45) is 0.466. The van der Waals surface area contributed by atoms with E-state index >= 15 is 0 Å². The van der Waals surface area contributed by atoms with Crippen LogP contribution in [0.4, 0.5) is 0 Å². The molecule has 0 aromatic carbocycles. The first kappa shape index (κ1) is 11.7. The Morgan fingerprint density at radius 3 is 2.64 bits per heavy atom. The van der Waals surface area contributed by atoms with Gasteiger partial charge in [0.05, 0.1) is 6.42 Å². The van der Waals surface area contributed by atoms with Crippen molar-refractivity contribution < 1.29 is 4.79 Å². The second-order valence-electron chi connectivity index (χ2n) is 4.21. The van der Waals surface area contributed by atoms with Crippen LogP contribution in [-0.2, 0) is 11.2 Å². The fourth-order valence-corrected chi connectivity index (χ4v) is 2.52. The van der Waals surface area contributed by atoms with Crippen molar-refractivity contribution in [2.75, 3.05) is 0 Å². The van der Waals surface area contributed by atoms with E-state index in [1.807, 2.05) is 32.2 Å². The molecule has 0 aliphatic rings. The van der Waals surface area contributed by atoms with Gasteiger partial charge in [-0.3, -0.25) is 4.79 Å². The fraction of sp³-hybridized carbons (Fsp3) is 0.500. The molecule has 1 rings (SSSR count). The molecule has 1 N–H and O–H groups in total. The lowest BCUT2D eigenvalue weighted by Gasteiger charge is -2.20. The zero-order chi connectivity index (χ0) is 10.8. The van der Waals surface area contributed by atoms with Gasteiger partial charge in [-0.1, -0.05) is 0 Å². The third-order valence-electron chi connectivity index (χ3n) is 1.47. The molecule has 0 fully saturated rings. The molecular weight excluding hydrogens is 262 g/mol. The molecule has 0 unspecified atom stereocenters. The molecule has 1 aromatic heterocycles. The highest BCUT2D eigenvalue weighted by atomic mass is 79.9. The van der Waals surface area contributed by atoms with Gasteiger partial charge in [0.2, 0.25) is 5.91 Å². The Morgan fingerprint density at radius 1 is 1.57 bits per heavy atom. The van der Waals surface area contributed by atoms with Crippen LogP contribution in [0.2, 0.25) is 0 Å². The van der Waals surface area contributed by atoms with E-state index in [0.717, 1.165) is 9.35 Å². The van der Waals surface area contributed by atoms with Crippen LogP contribution in [0.15, 0.2) is 15.9 Å². The number of hydrogen-bond donors (Lipinski definition) is 1. The minimum atomic E-state index is -0.147. The number of carbonyl (C=O) groups is 1. The van der Waals surface area contributed by atoms with Crippen LogP contribution in [-0.4, -0.2) is 11.4 Å². The summed E-state index contributed by atoms with van der Waals surface area (Å²) in [5.41, 5.74) is -0.147. The first-order valence-corrected chi connectivity index (χ1v) is 6.08. The summed E-state index contributed by atoms with van der Waals surface area (Å²) in [5.74, 6) is 0.0758. The van der Waals surface area contributed by atoms with Crippen molar-refractivity contribution in [1.29, 1.82) is 0 Å². The van der Waals surface area contributed by atoms with Crippen molar-refractivity contribution in [2.45, 2.75) is 32.7 Å². The highest BCUT2D eigenvalue weighted by Crippen LogP contribution is 2.20. The van der Waals surface area contributed by atoms with E-state index in [0.29, 0.717) is 6.42 Å². The lowest BCUT2D eigenvalue weighted by atomic mass is 10.1. The quantitative estimate of drug-likeness (QED) is 0.884. The molecule has 1 amide bonds. The van der Waals surface area contributed by atoms with Crippen LogP contribution in [0.5, 0.6) is 0 Å². The third kappa shape index (κ3) is 4.24. The number of rotatable bonds is 2. The zero-order valence-electron chi connectivity index (χ0n) is 8.56. The van der Waals surface area contributed by atoms with E-state index in [-0.39, 0.29) is 11.4 Å². The smallest absolute Gasteiger partial charge is 0.225 e. The van der Waals surface area contributed by atoms with Gasteiger partial charge in [-0.2, -0.15) is 0 Å². The van der Waals surface area contributed by atoms with Crippen LogP contribution < -0.4 is 5.32 Å². The van der Waals surface area contributed by atoms with E-state index < -0.39 is 0 Å². The molecule has 0 spiro atoms. The van der Waals surface area contributed by atoms with Crippen molar-refractivity contribution in [3.63, 3.8) is 0 Å². The molecule has 78 valence electrons. The Hall–Kier alpha value is -0.350. The molecule has 0 saturated heterocycles. The Labute approximate surface area is 96.8 Å². The van der Waals surface area contributed by atoms with Gasteiger partial charge in [0, 0.05) is 20.3 Å². The number of hydrogen-bond acceptors (Lipinski definition) is 2. The predicted molar refractivity (Wildman–Crippen MR) is 63.6 cm³/mol. The van der Waals surface area contributed by atoms with Gasteiger partial charge in [-0.25, -0.2) is 0 Å². The fourth-order valence-electron chi connectivity index (χ4n) is 1.07. The van der Waals surface area contributed by atoms with Crippen molar-refractivity contribution in [2.24, 2.45) is 0 Å². The van der Waals surface area contributed by atoms with E-state index in [4.69, 9.17) is 0 Å². The molecule has 0 aliphatic carbocycles. The Bertz CT molecular complexity index is 327. The van der Waals surface area contributed by atoms with Gasteiger partial charge in [-0.05, 0) is 42.8 Å². The van der Waals surface area contributed by atoms with Crippen molar-refractivity contribution in [3.05, 3.63) is 20.8 Å². The molecule has 0 atom stereocenters. The number of carbonyl (C=O) groups excluding carboxylic acids is 1. The van der Waals surface area contributed by atoms with E-state index in [2.05, 4.69) is 21.2 Å². The minimum absolute atomic E-state index is 0.0758. The Balaban J connectivity index is 2.50. The maximum atomic E-state index is 11.5. The molecule has 0 bridgehead atoms. The average molecular weight is 276 g/mol. The molecule has 1 aromatic rings. The molecular formula is C10H14BrNOS. The first-order chi connectivity index (χ1) is 6.37. The topological polar surface area (TPSA) is 29.1 Å². The summed E-state index contributed by atoms with van der Waals surface area (Å²) in [6, 6.07) is 1.98. The molecule has 14 heavy (non-hydrogen) atoms. The zero-order valence-corrected chi connectivity index (χ0v) is 11.0. The molecule has 0 saturated carbocycles. The van der Waals surface area contributed by atoms with Crippen molar-refractivity contribution in [1.82, 2.24) is 5.32 Å². The second kappa shape index (κ2) is 4.45. The molecule has 2 nitrogen and oxygen atoms in total. The predicted octanol–water partition coefficient (Wildman–Crippen LogP) is 2.97. The summed E-state index contributed by atoms with van der Waals surface area (Å²) in [6.45, 7) is 5.94. The lowest BCUT2D eigenvalue weighted by molar-refractivity contribution is -0.121. The van der Waals surface area contributed by atoms with Crippen molar-refractivity contribution in [3.8, 4) is 0 Å². The highest BCUT2D eigenvalue weighted by Gasteiger charge is 2.14. The van der Waals surface area contributed by atoms with E-state index in [1.165, 1.54) is 0 Å². The lowest BCUT2D eigenvalue weighted by Crippen LogP contribution is -2.41. The van der Waals surface area contributed by atoms with Crippen LogP contribution in [0.1, 0.15) is 25.6 Å². The second-order valence-corrected chi connectivity index (χ2v) is 6.12. The summed E-state index contributed by atoms with van der Waals surface area (Å²) in [4.78, 5) is 12.6. The van der Waals surface area contributed by atoms with Gasteiger partial charge in [0.25, 0.3) is 0 Å².